The molecular formula is C123H153N8+5. The average Bonchev–Trinajstić information content (AvgIpc) is 1.58. The fraction of sp³-hybridized carbons (Fsp3) is 0.358. The Labute approximate surface area is 799 Å². The lowest BCUT2D eigenvalue weighted by Gasteiger charge is -2.21. The van der Waals surface area contributed by atoms with E-state index in [1.165, 1.54) is 123 Å². The number of nitrogens with zero attached hydrogens (tertiary/aromatic N) is 8. The summed E-state index contributed by atoms with van der Waals surface area (Å²) < 4.78 is 84.4. The van der Waals surface area contributed by atoms with E-state index in [-0.39, 0.29) is 5.92 Å². The van der Waals surface area contributed by atoms with Crippen LogP contribution in [-0.2, 0) is 48.0 Å². The van der Waals surface area contributed by atoms with Crippen molar-refractivity contribution >= 4 is 33.1 Å². The lowest BCUT2D eigenvalue weighted by Crippen LogP contribution is -2.31. The first-order valence-corrected chi connectivity index (χ1v) is 47.5. The Hall–Kier alpha value is -11.9. The molecule has 0 aliphatic rings. The second-order valence-corrected chi connectivity index (χ2v) is 39.3. The van der Waals surface area contributed by atoms with E-state index in [9.17, 15) is 0 Å². The average molecular weight is 1750 g/mol. The van der Waals surface area contributed by atoms with Gasteiger partial charge in [0.15, 0.2) is 45.5 Å². The number of rotatable bonds is 20. The van der Waals surface area contributed by atoms with E-state index in [4.69, 9.17) is 11.0 Å². The van der Waals surface area contributed by atoms with Gasteiger partial charge in [-0.05, 0) is 238 Å². The van der Waals surface area contributed by atoms with Crippen LogP contribution in [0.4, 0.5) is 0 Å². The van der Waals surface area contributed by atoms with Crippen molar-refractivity contribution < 1.29 is 33.8 Å². The molecule has 8 nitrogen and oxygen atoms in total. The molecular weight excluding hydrogens is 1590 g/mol. The van der Waals surface area contributed by atoms with Gasteiger partial charge in [0.25, 0.3) is 17.5 Å². The molecule has 8 heteroatoms. The van der Waals surface area contributed by atoms with Gasteiger partial charge in [-0.25, -0.2) is 22.8 Å². The fourth-order valence-electron chi connectivity index (χ4n) is 18.8. The van der Waals surface area contributed by atoms with Gasteiger partial charge in [-0.15, -0.1) is 0 Å². The topological polar surface area (TPSA) is 34.2 Å². The van der Waals surface area contributed by atoms with Crippen molar-refractivity contribution in [3.63, 3.8) is 0 Å². The maximum Gasteiger partial charge on any atom is 0.295 e. The van der Waals surface area contributed by atoms with Gasteiger partial charge < -0.3 is 0 Å². The van der Waals surface area contributed by atoms with Gasteiger partial charge in [-0.2, -0.15) is 13.7 Å². The van der Waals surface area contributed by atoms with Crippen LogP contribution in [0.5, 0.6) is 0 Å². The van der Waals surface area contributed by atoms with Gasteiger partial charge >= 0.3 is 0 Å². The third-order valence-electron chi connectivity index (χ3n) is 25.7. The third-order valence-corrected chi connectivity index (χ3v) is 25.7. The van der Waals surface area contributed by atoms with Gasteiger partial charge in [0.1, 0.15) is 31.2 Å². The van der Waals surface area contributed by atoms with E-state index in [0.29, 0.717) is 46.6 Å². The molecule has 0 fully saturated rings. The smallest absolute Gasteiger partial charge is 0.225 e. The van der Waals surface area contributed by atoms with E-state index in [0.717, 1.165) is 73.6 Å². The molecule has 0 spiro atoms. The largest absolute Gasteiger partial charge is 0.295 e. The fourth-order valence-corrected chi connectivity index (χ4v) is 18.8. The van der Waals surface area contributed by atoms with Gasteiger partial charge in [0.05, 0.1) is 37.8 Å². The number of imidazole rings is 3. The van der Waals surface area contributed by atoms with Crippen LogP contribution >= 0.6 is 0 Å². The summed E-state index contributed by atoms with van der Waals surface area (Å²) in [6.45, 7) is 53.3. The molecule has 5 aromatic heterocycles. The van der Waals surface area contributed by atoms with Crippen molar-refractivity contribution in [2.24, 2.45) is 47.1 Å². The predicted molar refractivity (Wildman–Crippen MR) is 559 cm³/mol. The molecule has 0 bridgehead atoms. The standard InChI is InChI=1S/2C30H37N2.C27H31N2.2C18H24N/c2*1-19(2)23-17-25(20(3)4)29(26(18-23)21(5)6)32-28-16-12-11-15-27(28)31(8)30(32)24-14-10-9-13-22(24)7;1-18(2)21-14-11-15-22(19(3)4)26(21)29-25-17-10-9-16-24(25)28(6)27(29)23-13-8-7-12-20(23)5;2*1-13(2)10-16-7-9-18(19(5)12-16)17-8-6-14(3)11-15(17)4/h2*9-21H,1-8H3;7-19H,1-6H3;2*6-9,11-13H,10H2,1-5H3/q5*+1/i19D,20D,21D;;;3D3,10D2;. The monoisotopic (exact) mass is 1750 g/mol. The minimum absolute atomic E-state index is 0.122. The first-order chi connectivity index (χ1) is 65.2. The summed E-state index contributed by atoms with van der Waals surface area (Å²) in [5.74, 6) is 3.59. The second-order valence-electron chi connectivity index (χ2n) is 39.3. The summed E-state index contributed by atoms with van der Waals surface area (Å²) in [5, 5.41) is 0. The van der Waals surface area contributed by atoms with E-state index in [2.05, 4.69) is 372 Å². The summed E-state index contributed by atoms with van der Waals surface area (Å²) in [4.78, 5) is 0. The molecule has 0 unspecified atom stereocenters. The van der Waals surface area contributed by atoms with Crippen molar-refractivity contribution in [3.05, 3.63) is 356 Å². The van der Waals surface area contributed by atoms with Gasteiger partial charge in [-0.1, -0.05) is 307 Å². The van der Waals surface area contributed by atoms with Crippen LogP contribution in [0.25, 0.3) is 107 Å². The zero-order valence-corrected chi connectivity index (χ0v) is 84.7. The molecule has 11 aromatic carbocycles. The zero-order chi connectivity index (χ0) is 102. The molecule has 131 heavy (non-hydrogen) atoms. The summed E-state index contributed by atoms with van der Waals surface area (Å²) in [5.41, 5.74) is 38.1. The number of benzene rings is 11. The maximum absolute atomic E-state index is 9.16. The Bertz CT molecular complexity index is 7030. The molecule has 16 rings (SSSR count). The van der Waals surface area contributed by atoms with Crippen LogP contribution in [0.1, 0.15) is 291 Å². The van der Waals surface area contributed by atoms with Crippen LogP contribution in [0, 0.1) is 60.2 Å². The van der Waals surface area contributed by atoms with E-state index < -0.39 is 30.9 Å². The minimum atomic E-state index is -2.11. The minimum Gasteiger partial charge on any atom is -0.225 e. The highest BCUT2D eigenvalue weighted by atomic mass is 15.2. The molecule has 0 radical (unpaired) electrons. The van der Waals surface area contributed by atoms with Crippen LogP contribution in [0.15, 0.2) is 261 Å². The molecule has 0 atom stereocenters. The van der Waals surface area contributed by atoms with Crippen molar-refractivity contribution in [2.75, 3.05) is 0 Å². The lowest BCUT2D eigenvalue weighted by atomic mass is 9.87. The molecule has 0 saturated carbocycles. The Morgan fingerprint density at radius 3 is 0.962 bits per heavy atom. The molecule has 0 aliphatic heterocycles. The summed E-state index contributed by atoms with van der Waals surface area (Å²) in [7, 11) is 10.5. The SMILES string of the molecule is Cc1ccc(-c2ccc(CC(C)C)c[n+]2C)c(C)c1.Cc1ccccc1-c1n(-c2c(C(C)C)cc(C(C)C)cc2C(C)C)c2ccccc2[n+]1C.Cc1ccccc1-c1n(-c2c(C(C)C)cccc2C(C)C)c2ccccc2[n+]1C.[2H]C(C)(C)c1cc(C([2H])(C)C)c(-n2c(-c3ccccc3C)[n+](C)c3ccccc32)c(C([2H])(C)C)c1.[2H]C([2H])([2H])c1ccc(-c2ccc(C([2H])([2H])C(C)C)c[n+]2C)c(C)c1. The molecule has 16 aromatic rings. The van der Waals surface area contributed by atoms with Crippen molar-refractivity contribution in [1.29, 1.82) is 0 Å². The molecule has 0 saturated heterocycles. The third kappa shape index (κ3) is 21.5. The normalized spacial score (nSPS) is 13.0. The van der Waals surface area contributed by atoms with Gasteiger partial charge in [0.2, 0.25) is 11.4 Å². The number of fused-ring (bicyclic) bond motifs is 3. The zero-order valence-electron chi connectivity index (χ0n) is 92.7. The van der Waals surface area contributed by atoms with Gasteiger partial charge in [0, 0.05) is 78.7 Å². The van der Waals surface area contributed by atoms with E-state index >= 15 is 0 Å². The Morgan fingerprint density at radius 1 is 0.290 bits per heavy atom. The number of aromatic nitrogens is 8. The van der Waals surface area contributed by atoms with Crippen LogP contribution < -0.4 is 22.8 Å². The summed E-state index contributed by atoms with van der Waals surface area (Å²) in [6, 6.07) is 87.4. The van der Waals surface area contributed by atoms with Crippen LogP contribution in [-0.4, -0.2) is 13.7 Å². The molecule has 0 N–H and O–H groups in total. The predicted octanol–water partition coefficient (Wildman–Crippen LogP) is 30.3. The lowest BCUT2D eigenvalue weighted by molar-refractivity contribution is -0.661. The van der Waals surface area contributed by atoms with Gasteiger partial charge in [-0.3, -0.25) is 0 Å². The summed E-state index contributed by atoms with van der Waals surface area (Å²) >= 11 is 0. The van der Waals surface area contributed by atoms with Crippen LogP contribution in [0.3, 0.4) is 0 Å². The molecule has 5 heterocycles. The highest BCUT2D eigenvalue weighted by molar-refractivity contribution is 5.84. The molecule has 680 valence electrons. The second kappa shape index (κ2) is 42.6. The quantitative estimate of drug-likeness (QED) is 0.0682. The number of hydrogen-bond donors (Lipinski definition) is 0. The molecule has 0 amide bonds. The highest BCUT2D eigenvalue weighted by Crippen LogP contribution is 2.44. The number of hydrogen-bond acceptors (Lipinski definition) is 0. The Kier molecular flexibility index (Phi) is 28.3. The number of aryl methyl sites for hydroxylation is 12. The Morgan fingerprint density at radius 2 is 0.626 bits per heavy atom. The van der Waals surface area contributed by atoms with E-state index in [1.807, 2.05) is 129 Å². The van der Waals surface area contributed by atoms with Crippen molar-refractivity contribution in [1.82, 2.24) is 13.7 Å². The van der Waals surface area contributed by atoms with Crippen LogP contribution in [0.2, 0.25) is 0 Å². The summed E-state index contributed by atoms with van der Waals surface area (Å²) in [6.07, 6.45) is 3.82. The van der Waals surface area contributed by atoms with E-state index in [1.54, 1.807) is 12.1 Å². The number of para-hydroxylation sites is 7. The highest BCUT2D eigenvalue weighted by Gasteiger charge is 2.36. The molecule has 0 aliphatic carbocycles. The Balaban J connectivity index is 0.000000158. The number of pyridine rings is 2. The first-order valence-electron chi connectivity index (χ1n) is 51.5. The van der Waals surface area contributed by atoms with Crippen molar-refractivity contribution in [3.8, 4) is 73.7 Å². The van der Waals surface area contributed by atoms with Crippen molar-refractivity contribution in [2.45, 2.75) is 247 Å². The maximum atomic E-state index is 9.16. The first kappa shape index (κ1) is 87.1.